The molecule has 0 radical (unpaired) electrons. The highest BCUT2D eigenvalue weighted by atomic mass is 32.2. The minimum Gasteiger partial charge on any atom is -0.497 e. The molecule has 0 unspecified atom stereocenters. The first-order valence-corrected chi connectivity index (χ1v) is 9.70. The molecule has 0 bridgehead atoms. The van der Waals surface area contributed by atoms with Gasteiger partial charge in [0.1, 0.15) is 11.5 Å². The lowest BCUT2D eigenvalue weighted by atomic mass is 9.97. The molecule has 0 amide bonds. The van der Waals surface area contributed by atoms with E-state index in [2.05, 4.69) is 10.2 Å². The van der Waals surface area contributed by atoms with E-state index in [0.717, 1.165) is 22.3 Å². The Kier molecular flexibility index (Phi) is 6.04. The molecule has 0 aliphatic carbocycles. The summed E-state index contributed by atoms with van der Waals surface area (Å²) >= 11 is 1.23. The topological polar surface area (TPSA) is 74.5 Å². The zero-order valence-electron chi connectivity index (χ0n) is 16.5. The van der Waals surface area contributed by atoms with Crippen LogP contribution in [-0.4, -0.2) is 36.0 Å². The number of thioether (sulfide) groups is 1. The summed E-state index contributed by atoms with van der Waals surface area (Å²) in [5.41, 5.74) is 4.56. The zero-order chi connectivity index (χ0) is 20.3. The van der Waals surface area contributed by atoms with Gasteiger partial charge in [-0.15, -0.1) is 10.2 Å². The molecule has 2 aromatic carbocycles. The zero-order valence-corrected chi connectivity index (χ0v) is 17.3. The second kappa shape index (κ2) is 8.48. The predicted octanol–water partition coefficient (Wildman–Crippen LogP) is 4.65. The number of aromatic nitrogens is 2. The number of hydrogen-bond donors (Lipinski definition) is 0. The first kappa shape index (κ1) is 19.9. The highest BCUT2D eigenvalue weighted by Crippen LogP contribution is 2.31. The second-order valence-corrected chi connectivity index (χ2v) is 7.39. The van der Waals surface area contributed by atoms with Crippen molar-refractivity contribution in [3.8, 4) is 23.0 Å². The van der Waals surface area contributed by atoms with E-state index in [-0.39, 0.29) is 11.5 Å². The van der Waals surface area contributed by atoms with Crippen LogP contribution in [0.2, 0.25) is 0 Å². The maximum atomic E-state index is 12.7. The van der Waals surface area contributed by atoms with E-state index in [1.54, 1.807) is 32.4 Å². The SMILES string of the molecule is COc1cc(OC)cc(-c2nnc(SCC(=O)c3c(C)cc(C)cc3C)o2)c1. The molecule has 0 aliphatic rings. The second-order valence-electron chi connectivity index (χ2n) is 6.46. The van der Waals surface area contributed by atoms with Gasteiger partial charge in [0.15, 0.2) is 5.78 Å². The Morgan fingerprint density at radius 3 is 2.14 bits per heavy atom. The molecule has 0 saturated carbocycles. The fourth-order valence-electron chi connectivity index (χ4n) is 3.13. The number of carbonyl (C=O) groups excluding carboxylic acids is 1. The van der Waals surface area contributed by atoms with E-state index in [0.29, 0.717) is 28.2 Å². The normalized spacial score (nSPS) is 10.8. The van der Waals surface area contributed by atoms with E-state index >= 15 is 0 Å². The number of aryl methyl sites for hydroxylation is 3. The highest BCUT2D eigenvalue weighted by Gasteiger charge is 2.16. The van der Waals surface area contributed by atoms with Crippen molar-refractivity contribution in [2.45, 2.75) is 26.0 Å². The van der Waals surface area contributed by atoms with Crippen LogP contribution in [0.4, 0.5) is 0 Å². The van der Waals surface area contributed by atoms with Crippen LogP contribution in [0.5, 0.6) is 11.5 Å². The first-order chi connectivity index (χ1) is 13.4. The van der Waals surface area contributed by atoms with Crippen LogP contribution in [0.25, 0.3) is 11.5 Å². The highest BCUT2D eigenvalue weighted by molar-refractivity contribution is 7.99. The Bertz CT molecular complexity index is 968. The van der Waals surface area contributed by atoms with Gasteiger partial charge in [-0.1, -0.05) is 29.5 Å². The Hall–Kier alpha value is -2.80. The average Bonchev–Trinajstić information content (AvgIpc) is 3.14. The van der Waals surface area contributed by atoms with Crippen molar-refractivity contribution in [3.05, 3.63) is 52.6 Å². The van der Waals surface area contributed by atoms with Gasteiger partial charge in [0.2, 0.25) is 5.89 Å². The summed E-state index contributed by atoms with van der Waals surface area (Å²) < 4.78 is 16.2. The lowest BCUT2D eigenvalue weighted by molar-refractivity contribution is 0.102. The van der Waals surface area contributed by atoms with Crippen LogP contribution in [0.15, 0.2) is 40.0 Å². The third-order valence-corrected chi connectivity index (χ3v) is 5.11. The number of hydrogen-bond acceptors (Lipinski definition) is 7. The van der Waals surface area contributed by atoms with Crippen molar-refractivity contribution in [2.24, 2.45) is 0 Å². The number of ether oxygens (including phenoxy) is 2. The molecule has 1 aromatic heterocycles. The van der Waals surface area contributed by atoms with Crippen molar-refractivity contribution in [3.63, 3.8) is 0 Å². The van der Waals surface area contributed by atoms with Crippen LogP contribution in [-0.2, 0) is 0 Å². The monoisotopic (exact) mass is 398 g/mol. The van der Waals surface area contributed by atoms with E-state index in [9.17, 15) is 4.79 Å². The van der Waals surface area contributed by atoms with E-state index in [1.165, 1.54) is 11.8 Å². The molecule has 0 aliphatic heterocycles. The maximum absolute atomic E-state index is 12.7. The Morgan fingerprint density at radius 1 is 0.964 bits per heavy atom. The molecule has 28 heavy (non-hydrogen) atoms. The summed E-state index contributed by atoms with van der Waals surface area (Å²) in [6, 6.07) is 9.38. The third kappa shape index (κ3) is 4.36. The quantitative estimate of drug-likeness (QED) is 0.423. The van der Waals surface area contributed by atoms with Gasteiger partial charge in [-0.2, -0.15) is 0 Å². The van der Waals surface area contributed by atoms with E-state index < -0.39 is 0 Å². The van der Waals surface area contributed by atoms with Crippen LogP contribution in [0.1, 0.15) is 27.0 Å². The molecule has 0 atom stereocenters. The number of rotatable bonds is 7. The average molecular weight is 398 g/mol. The van der Waals surface area contributed by atoms with Crippen LogP contribution in [0.3, 0.4) is 0 Å². The molecule has 7 heteroatoms. The lowest BCUT2D eigenvalue weighted by Crippen LogP contribution is -2.07. The largest absolute Gasteiger partial charge is 0.497 e. The van der Waals surface area contributed by atoms with Gasteiger partial charge in [0.05, 0.1) is 20.0 Å². The number of carbonyl (C=O) groups is 1. The van der Waals surface area contributed by atoms with Crippen LogP contribution < -0.4 is 9.47 Å². The molecular weight excluding hydrogens is 376 g/mol. The maximum Gasteiger partial charge on any atom is 0.277 e. The van der Waals surface area contributed by atoms with Gasteiger partial charge in [-0.05, 0) is 44.0 Å². The van der Waals surface area contributed by atoms with Crippen molar-refractivity contribution >= 4 is 17.5 Å². The van der Waals surface area contributed by atoms with Gasteiger partial charge < -0.3 is 13.9 Å². The van der Waals surface area contributed by atoms with Crippen molar-refractivity contribution in [1.29, 1.82) is 0 Å². The smallest absolute Gasteiger partial charge is 0.277 e. The van der Waals surface area contributed by atoms with Crippen molar-refractivity contribution in [1.82, 2.24) is 10.2 Å². The number of ketones is 1. The summed E-state index contributed by atoms with van der Waals surface area (Å²) in [4.78, 5) is 12.7. The minimum absolute atomic E-state index is 0.0443. The molecule has 146 valence electrons. The first-order valence-electron chi connectivity index (χ1n) is 8.72. The predicted molar refractivity (Wildman–Crippen MR) is 109 cm³/mol. The third-order valence-electron chi connectivity index (χ3n) is 4.29. The van der Waals surface area contributed by atoms with Crippen LogP contribution >= 0.6 is 11.8 Å². The molecular formula is C21H22N2O4S. The van der Waals surface area contributed by atoms with Crippen molar-refractivity contribution < 1.29 is 18.7 Å². The minimum atomic E-state index is 0.0443. The van der Waals surface area contributed by atoms with Crippen LogP contribution in [0, 0.1) is 20.8 Å². The molecule has 1 heterocycles. The molecule has 0 fully saturated rings. The fraction of sp³-hybridized carbons (Fsp3) is 0.286. The number of Topliss-reactive ketones (excluding diaryl/α,β-unsaturated/α-hetero) is 1. The Labute approximate surface area is 168 Å². The lowest BCUT2D eigenvalue weighted by Gasteiger charge is -2.09. The summed E-state index contributed by atoms with van der Waals surface area (Å²) in [6.07, 6.45) is 0. The summed E-state index contributed by atoms with van der Waals surface area (Å²) in [7, 11) is 3.16. The summed E-state index contributed by atoms with van der Waals surface area (Å²) in [6.45, 7) is 5.94. The van der Waals surface area contributed by atoms with E-state index in [4.69, 9.17) is 13.9 Å². The Balaban J connectivity index is 1.75. The van der Waals surface area contributed by atoms with Gasteiger partial charge in [-0.25, -0.2) is 0 Å². The standard InChI is InChI=1S/C21H22N2O4S/c1-12-6-13(2)19(14(3)7-12)18(24)11-28-21-23-22-20(27-21)15-8-16(25-4)10-17(9-15)26-5/h6-10H,11H2,1-5H3. The van der Waals surface area contributed by atoms with Gasteiger partial charge in [0.25, 0.3) is 5.22 Å². The summed E-state index contributed by atoms with van der Waals surface area (Å²) in [5, 5.41) is 8.46. The number of benzene rings is 2. The molecule has 6 nitrogen and oxygen atoms in total. The van der Waals surface area contributed by atoms with Crippen molar-refractivity contribution in [2.75, 3.05) is 20.0 Å². The molecule has 0 saturated heterocycles. The molecule has 0 N–H and O–H groups in total. The fourth-order valence-corrected chi connectivity index (χ4v) is 3.77. The van der Waals surface area contributed by atoms with E-state index in [1.807, 2.05) is 32.9 Å². The molecule has 0 spiro atoms. The van der Waals surface area contributed by atoms with Gasteiger partial charge in [0, 0.05) is 17.2 Å². The molecule has 3 rings (SSSR count). The summed E-state index contributed by atoms with van der Waals surface area (Å²) in [5.74, 6) is 1.87. The number of methoxy groups -OCH3 is 2. The number of nitrogens with zero attached hydrogens (tertiary/aromatic N) is 2. The van der Waals surface area contributed by atoms with Gasteiger partial charge in [-0.3, -0.25) is 4.79 Å². The Morgan fingerprint density at radius 2 is 1.57 bits per heavy atom. The molecule has 3 aromatic rings. The van der Waals surface area contributed by atoms with Gasteiger partial charge >= 0.3 is 0 Å².